The number of ether oxygens (including phenoxy) is 1. The molecule has 0 aromatic heterocycles. The summed E-state index contributed by atoms with van der Waals surface area (Å²) < 4.78 is 5.32. The number of nitrogens with one attached hydrogen (secondary N) is 1. The fraction of sp³-hybridized carbons (Fsp3) is 0.429. The number of amides is 1. The van der Waals surface area contributed by atoms with Gasteiger partial charge >= 0.3 is 0 Å². The normalized spacial score (nSPS) is 16.0. The highest BCUT2D eigenvalue weighted by Gasteiger charge is 2.37. The van der Waals surface area contributed by atoms with Crippen molar-refractivity contribution in [1.82, 2.24) is 5.32 Å². The van der Waals surface area contributed by atoms with Gasteiger partial charge < -0.3 is 15.2 Å². The van der Waals surface area contributed by atoms with Crippen LogP contribution in [0.2, 0.25) is 0 Å². The van der Waals surface area contributed by atoms with E-state index in [4.69, 9.17) is 10.00 Å². The lowest BCUT2D eigenvalue weighted by Gasteiger charge is -2.40. The molecule has 0 heterocycles. The minimum atomic E-state index is -0.439. The Hall–Kier alpha value is -2.06. The first-order valence-corrected chi connectivity index (χ1v) is 6.22. The summed E-state index contributed by atoms with van der Waals surface area (Å²) in [5.41, 5.74) is 0.107. The minimum Gasteiger partial charge on any atom is -0.484 e. The van der Waals surface area contributed by atoms with E-state index in [1.165, 1.54) is 0 Å². The maximum absolute atomic E-state index is 11.7. The van der Waals surface area contributed by atoms with Crippen LogP contribution in [-0.2, 0) is 4.79 Å². The van der Waals surface area contributed by atoms with Crippen LogP contribution in [0, 0.1) is 11.3 Å². The van der Waals surface area contributed by atoms with Crippen LogP contribution in [0.1, 0.15) is 24.8 Å². The molecule has 1 aliphatic carbocycles. The highest BCUT2D eigenvalue weighted by atomic mass is 16.5. The SMILES string of the molecule is N#Cc1ccc(OCC(=O)NC2(CO)CCC2)cc1. The molecule has 0 spiro atoms. The van der Waals surface area contributed by atoms with E-state index in [-0.39, 0.29) is 19.1 Å². The molecule has 5 heteroatoms. The van der Waals surface area contributed by atoms with E-state index in [1.807, 2.05) is 6.07 Å². The number of carbonyl (C=O) groups is 1. The van der Waals surface area contributed by atoms with Crippen LogP contribution in [0.5, 0.6) is 5.75 Å². The Morgan fingerprint density at radius 2 is 2.11 bits per heavy atom. The summed E-state index contributed by atoms with van der Waals surface area (Å²) in [7, 11) is 0. The van der Waals surface area contributed by atoms with Gasteiger partial charge in [0.15, 0.2) is 6.61 Å². The molecule has 1 aromatic carbocycles. The molecule has 0 atom stereocenters. The monoisotopic (exact) mass is 260 g/mol. The lowest BCUT2D eigenvalue weighted by molar-refractivity contribution is -0.127. The smallest absolute Gasteiger partial charge is 0.258 e. The molecule has 0 aliphatic heterocycles. The van der Waals surface area contributed by atoms with Gasteiger partial charge in [-0.05, 0) is 43.5 Å². The summed E-state index contributed by atoms with van der Waals surface area (Å²) in [6, 6.07) is 8.58. The van der Waals surface area contributed by atoms with Gasteiger partial charge in [0.1, 0.15) is 5.75 Å². The van der Waals surface area contributed by atoms with Crippen molar-refractivity contribution in [3.8, 4) is 11.8 Å². The summed E-state index contributed by atoms with van der Waals surface area (Å²) >= 11 is 0. The largest absolute Gasteiger partial charge is 0.484 e. The van der Waals surface area contributed by atoms with Gasteiger partial charge in [0, 0.05) is 0 Å². The molecular formula is C14H16N2O3. The van der Waals surface area contributed by atoms with Crippen molar-refractivity contribution in [2.24, 2.45) is 0 Å². The molecule has 5 nitrogen and oxygen atoms in total. The topological polar surface area (TPSA) is 82.3 Å². The summed E-state index contributed by atoms with van der Waals surface area (Å²) in [5, 5.41) is 20.7. The Labute approximate surface area is 111 Å². The van der Waals surface area contributed by atoms with Crippen molar-refractivity contribution in [2.75, 3.05) is 13.2 Å². The van der Waals surface area contributed by atoms with Crippen molar-refractivity contribution in [1.29, 1.82) is 5.26 Å². The average molecular weight is 260 g/mol. The highest BCUT2D eigenvalue weighted by Crippen LogP contribution is 2.30. The number of hydrogen-bond acceptors (Lipinski definition) is 4. The lowest BCUT2D eigenvalue weighted by atomic mass is 9.77. The van der Waals surface area contributed by atoms with Crippen molar-refractivity contribution < 1.29 is 14.6 Å². The second-order valence-corrected chi connectivity index (χ2v) is 4.77. The molecule has 1 aromatic rings. The number of rotatable bonds is 5. The third-order valence-corrected chi connectivity index (χ3v) is 3.37. The molecule has 1 amide bonds. The first-order valence-electron chi connectivity index (χ1n) is 6.22. The summed E-state index contributed by atoms with van der Waals surface area (Å²) in [6.45, 7) is -0.122. The van der Waals surface area contributed by atoms with E-state index >= 15 is 0 Å². The van der Waals surface area contributed by atoms with Gasteiger partial charge in [0.2, 0.25) is 0 Å². The van der Waals surface area contributed by atoms with E-state index in [0.717, 1.165) is 19.3 Å². The van der Waals surface area contributed by atoms with Gasteiger partial charge in [0.05, 0.1) is 23.8 Å². The number of hydrogen-bond donors (Lipinski definition) is 2. The molecule has 100 valence electrons. The van der Waals surface area contributed by atoms with Crippen molar-refractivity contribution in [3.05, 3.63) is 29.8 Å². The second kappa shape index (κ2) is 5.72. The van der Waals surface area contributed by atoms with Gasteiger partial charge in [-0.3, -0.25) is 4.79 Å². The zero-order valence-electron chi connectivity index (χ0n) is 10.6. The summed E-state index contributed by atoms with van der Waals surface area (Å²) in [5.74, 6) is 0.305. The maximum Gasteiger partial charge on any atom is 0.258 e. The van der Waals surface area contributed by atoms with E-state index in [9.17, 15) is 9.90 Å². The molecule has 1 aliphatic rings. The fourth-order valence-electron chi connectivity index (χ4n) is 2.03. The van der Waals surface area contributed by atoms with Gasteiger partial charge in [-0.2, -0.15) is 5.26 Å². The minimum absolute atomic E-state index is 0.0321. The molecule has 2 N–H and O–H groups in total. The second-order valence-electron chi connectivity index (χ2n) is 4.77. The van der Waals surface area contributed by atoms with E-state index in [1.54, 1.807) is 24.3 Å². The number of nitrogens with zero attached hydrogens (tertiary/aromatic N) is 1. The molecule has 1 saturated carbocycles. The van der Waals surface area contributed by atoms with Crippen molar-refractivity contribution in [2.45, 2.75) is 24.8 Å². The maximum atomic E-state index is 11.7. The van der Waals surface area contributed by atoms with Crippen LogP contribution < -0.4 is 10.1 Å². The van der Waals surface area contributed by atoms with Gasteiger partial charge in [-0.1, -0.05) is 0 Å². The number of benzene rings is 1. The first kappa shape index (κ1) is 13.4. The summed E-state index contributed by atoms with van der Waals surface area (Å²) in [4.78, 5) is 11.7. The van der Waals surface area contributed by atoms with Crippen LogP contribution in [0.4, 0.5) is 0 Å². The summed E-state index contributed by atoms with van der Waals surface area (Å²) in [6.07, 6.45) is 2.65. The quantitative estimate of drug-likeness (QED) is 0.826. The van der Waals surface area contributed by atoms with E-state index in [0.29, 0.717) is 11.3 Å². The Balaban J connectivity index is 1.81. The van der Waals surface area contributed by atoms with Gasteiger partial charge in [-0.15, -0.1) is 0 Å². The van der Waals surface area contributed by atoms with Gasteiger partial charge in [0.25, 0.3) is 5.91 Å². The Bertz CT molecular complexity index is 481. The number of aliphatic hydroxyl groups excluding tert-OH is 1. The fourth-order valence-corrected chi connectivity index (χ4v) is 2.03. The zero-order valence-corrected chi connectivity index (χ0v) is 10.6. The number of aliphatic hydroxyl groups is 1. The average Bonchev–Trinajstić information content (AvgIpc) is 2.41. The lowest BCUT2D eigenvalue weighted by Crippen LogP contribution is -2.57. The van der Waals surface area contributed by atoms with Crippen LogP contribution in [0.25, 0.3) is 0 Å². The zero-order chi connectivity index (χ0) is 13.7. The third-order valence-electron chi connectivity index (χ3n) is 3.37. The standard InChI is InChI=1S/C14H16N2O3/c15-8-11-2-4-12(5-3-11)19-9-13(18)16-14(10-17)6-1-7-14/h2-5,17H,1,6-7,9-10H2,(H,16,18). The number of nitriles is 1. The van der Waals surface area contributed by atoms with Crippen molar-refractivity contribution >= 4 is 5.91 Å². The molecule has 19 heavy (non-hydrogen) atoms. The number of carbonyl (C=O) groups excluding carboxylic acids is 1. The highest BCUT2D eigenvalue weighted by molar-refractivity contribution is 5.78. The Morgan fingerprint density at radius 3 is 2.58 bits per heavy atom. The molecule has 1 fully saturated rings. The molecule has 2 rings (SSSR count). The van der Waals surface area contributed by atoms with Crippen LogP contribution >= 0.6 is 0 Å². The van der Waals surface area contributed by atoms with Crippen molar-refractivity contribution in [3.63, 3.8) is 0 Å². The predicted octanol–water partition coefficient (Wildman–Crippen LogP) is 0.968. The Morgan fingerprint density at radius 1 is 1.42 bits per heavy atom. The molecule has 0 unspecified atom stereocenters. The Kier molecular flexibility index (Phi) is 4.03. The molecule has 0 bridgehead atoms. The van der Waals surface area contributed by atoms with Crippen LogP contribution in [0.3, 0.4) is 0 Å². The van der Waals surface area contributed by atoms with Gasteiger partial charge in [-0.25, -0.2) is 0 Å². The van der Waals surface area contributed by atoms with E-state index in [2.05, 4.69) is 5.32 Å². The van der Waals surface area contributed by atoms with E-state index < -0.39 is 5.54 Å². The van der Waals surface area contributed by atoms with Crippen LogP contribution in [0.15, 0.2) is 24.3 Å². The third kappa shape index (κ3) is 3.24. The molecule has 0 radical (unpaired) electrons. The van der Waals surface area contributed by atoms with Crippen LogP contribution in [-0.4, -0.2) is 29.8 Å². The molecule has 0 saturated heterocycles. The predicted molar refractivity (Wildman–Crippen MR) is 68.5 cm³/mol. The first-order chi connectivity index (χ1) is 9.17. The molecular weight excluding hydrogens is 244 g/mol.